The van der Waals surface area contributed by atoms with Gasteiger partial charge in [0, 0.05) is 107 Å². The number of aliphatic hydroxyl groups excluding tert-OH is 1. The second-order valence-electron chi connectivity index (χ2n) is 36.0. The maximum atomic E-state index is 14.4. The summed E-state index contributed by atoms with van der Waals surface area (Å²) in [7, 11) is 0. The van der Waals surface area contributed by atoms with Crippen molar-refractivity contribution >= 4 is 22.3 Å². The molecule has 20 rings (SSSR count). The molecule has 0 saturated carbocycles. The van der Waals surface area contributed by atoms with Crippen LogP contribution in [0.25, 0.3) is 118 Å². The molecular formula is C118H99FIr3N7O3Pt-3. The third-order valence-electron chi connectivity index (χ3n) is 23.8. The zero-order valence-corrected chi connectivity index (χ0v) is 85.6. The van der Waals surface area contributed by atoms with Crippen LogP contribution in [0.1, 0.15) is 154 Å². The number of rotatable bonds is 12. The molecule has 15 heteroatoms. The van der Waals surface area contributed by atoms with Gasteiger partial charge in [-0.25, -0.2) is 4.39 Å². The fraction of sp³-hybridized carbons (Fsp3) is 0.153. The maximum absolute atomic E-state index is 14.4. The van der Waals surface area contributed by atoms with Gasteiger partial charge in [0.25, 0.3) is 0 Å². The van der Waals surface area contributed by atoms with E-state index in [-0.39, 0.29) is 120 Å². The Morgan fingerprint density at radius 2 is 0.865 bits per heavy atom. The number of aliphatic hydroxyl groups is 1. The Balaban J connectivity index is 0.000000157. The van der Waals surface area contributed by atoms with E-state index in [1.165, 1.54) is 73.3 Å². The summed E-state index contributed by atoms with van der Waals surface area (Å²) in [5.74, 6) is 0.595. The molecule has 18 aromatic rings. The van der Waals surface area contributed by atoms with Gasteiger partial charge in [0.05, 0.1) is 11.4 Å². The average molecular weight is 2450 g/mol. The molecule has 671 valence electrons. The van der Waals surface area contributed by atoms with Crippen molar-refractivity contribution < 1.29 is 100 Å². The van der Waals surface area contributed by atoms with E-state index >= 15 is 0 Å². The van der Waals surface area contributed by atoms with Crippen LogP contribution in [-0.2, 0) is 108 Å². The van der Waals surface area contributed by atoms with E-state index < -0.39 is 5.41 Å². The molecule has 1 N–H and O–H groups in total. The number of carbonyl (C=O) groups excluding carboxylic acids is 1. The zero-order valence-electron chi connectivity index (χ0n) is 76.2. The maximum Gasteiger partial charge on any atom is 2.00 e. The fourth-order valence-corrected chi connectivity index (χ4v) is 16.6. The minimum atomic E-state index is -0.747. The van der Waals surface area contributed by atoms with Crippen LogP contribution in [-0.4, -0.2) is 46.0 Å². The van der Waals surface area contributed by atoms with E-state index in [2.05, 4.69) is 285 Å². The number of carbonyl (C=O) groups is 1. The number of nitrogens with zero attached hydrogens (tertiary/aromatic N) is 7. The molecule has 3 radical (unpaired) electrons. The summed E-state index contributed by atoms with van der Waals surface area (Å²) >= 11 is 0. The number of aryl methyl sites for hydroxylation is 2. The molecule has 10 nitrogen and oxygen atoms in total. The first-order valence-corrected chi connectivity index (χ1v) is 43.4. The normalized spacial score (nSPS) is 12.3. The molecule has 6 heterocycles. The molecule has 2 aliphatic carbocycles. The third kappa shape index (κ3) is 22.1. The summed E-state index contributed by atoms with van der Waals surface area (Å²) in [6, 6.07) is 127. The average Bonchev–Trinajstić information content (AvgIpc) is 1.57. The first kappa shape index (κ1) is 99.6. The molecule has 0 fully saturated rings. The van der Waals surface area contributed by atoms with Gasteiger partial charge >= 0.3 is 21.1 Å². The van der Waals surface area contributed by atoms with Crippen molar-refractivity contribution in [2.24, 2.45) is 0 Å². The number of halogens is 1. The van der Waals surface area contributed by atoms with Gasteiger partial charge in [0.15, 0.2) is 5.78 Å². The number of benzene rings is 12. The SMILES string of the molecule is CC(C)(C)c1ccc(-c2nnc(-c3cc[c-]c(-c4ccccn4)c3)o2)cc1.CC(C)(C)c1ccc2c(c1)C(c1cccc(-c3[c-]cccc3)n1)(c1cccc(-c3[c-]cccc3)n1)c1cc(C(C)(C)C)ccc1-2.CC1(C)c2c([c-]ccc2F)-c2nccc3cccc1c23.Cc1ccc(-c2cc[c-]c(-c3ccccn3)c2)cc1C.O=C(C=C(O)c1ccccc1)c1ccccc1.[Ir].[Ir].[Ir].[Pt+2]. The van der Waals surface area contributed by atoms with Crippen LogP contribution in [0.15, 0.2) is 363 Å². The Morgan fingerprint density at radius 1 is 0.398 bits per heavy atom. The topological polar surface area (TPSA) is 141 Å². The molecule has 2 aliphatic rings. The Labute approximate surface area is 835 Å². The molecule has 0 spiro atoms. The van der Waals surface area contributed by atoms with Gasteiger partial charge in [-0.15, -0.1) is 171 Å². The number of pyridine rings is 5. The van der Waals surface area contributed by atoms with E-state index in [0.717, 1.165) is 95.1 Å². The van der Waals surface area contributed by atoms with Gasteiger partial charge in [-0.2, -0.15) is 0 Å². The van der Waals surface area contributed by atoms with Gasteiger partial charge in [-0.1, -0.05) is 276 Å². The van der Waals surface area contributed by atoms with Gasteiger partial charge in [0.2, 0.25) is 11.8 Å². The van der Waals surface area contributed by atoms with Crippen molar-refractivity contribution in [2.75, 3.05) is 0 Å². The number of ketones is 1. The van der Waals surface area contributed by atoms with Crippen molar-refractivity contribution in [2.45, 2.75) is 117 Å². The van der Waals surface area contributed by atoms with Crippen molar-refractivity contribution in [3.8, 4) is 101 Å². The predicted octanol–water partition coefficient (Wildman–Crippen LogP) is 28.7. The molecular weight excluding hydrogens is 2350 g/mol. The smallest absolute Gasteiger partial charge is 0.507 e. The molecule has 0 unspecified atom stereocenters. The minimum Gasteiger partial charge on any atom is -0.507 e. The Hall–Kier alpha value is -12.4. The molecule has 133 heavy (non-hydrogen) atoms. The monoisotopic (exact) mass is 2450 g/mol. The predicted molar refractivity (Wildman–Crippen MR) is 521 cm³/mol. The second-order valence-corrected chi connectivity index (χ2v) is 36.0. The quantitative estimate of drug-likeness (QED) is 0.0544. The van der Waals surface area contributed by atoms with Crippen LogP contribution >= 0.6 is 0 Å². The first-order valence-electron chi connectivity index (χ1n) is 43.4. The summed E-state index contributed by atoms with van der Waals surface area (Å²) in [5, 5.41) is 20.5. The summed E-state index contributed by atoms with van der Waals surface area (Å²) in [5.41, 5.74) is 28.5. The van der Waals surface area contributed by atoms with Gasteiger partial charge in [-0.05, 0) is 184 Å². The molecule has 12 aromatic carbocycles. The van der Waals surface area contributed by atoms with Crippen LogP contribution in [0.4, 0.5) is 4.39 Å². The van der Waals surface area contributed by atoms with Crippen LogP contribution in [0.2, 0.25) is 0 Å². The summed E-state index contributed by atoms with van der Waals surface area (Å²) in [4.78, 5) is 36.0. The summed E-state index contributed by atoms with van der Waals surface area (Å²) in [6.07, 6.45) is 6.60. The number of hydrogen-bond donors (Lipinski definition) is 1. The molecule has 0 amide bonds. The van der Waals surface area contributed by atoms with Crippen molar-refractivity contribution in [3.05, 3.63) is 467 Å². The van der Waals surface area contributed by atoms with Gasteiger partial charge in [-0.3, -0.25) is 14.8 Å². The fourth-order valence-electron chi connectivity index (χ4n) is 16.6. The summed E-state index contributed by atoms with van der Waals surface area (Å²) < 4.78 is 20.3. The number of aromatic nitrogens is 7. The van der Waals surface area contributed by atoms with Crippen LogP contribution in [0.3, 0.4) is 0 Å². The Bertz CT molecular complexity index is 6930. The number of hydrogen-bond acceptors (Lipinski definition) is 10. The van der Waals surface area contributed by atoms with E-state index in [0.29, 0.717) is 28.5 Å². The van der Waals surface area contributed by atoms with E-state index in [4.69, 9.17) is 14.4 Å². The third-order valence-corrected chi connectivity index (χ3v) is 23.8. The van der Waals surface area contributed by atoms with Crippen LogP contribution in [0.5, 0.6) is 0 Å². The van der Waals surface area contributed by atoms with Crippen molar-refractivity contribution in [1.82, 2.24) is 35.1 Å². The standard InChI is InChI=1S/C43H38N2.C23H20N3O.C19H16N.C18H13FN.C15H12O2.3Ir.Pt/c1-41(2,3)31-23-25-33-34-26-24-32(42(4,5)6)28-36(34)43(35(33)27-31,39-21-13-19-37(44-39)29-15-9-7-10-16-29)40-22-14-20-38(45-40)30-17-11-8-12-18-30;1-23(2,3)19-12-10-16(11-13-19)21-25-26-22(27-21)18-8-6-7-17(15-18)20-9-4-5-14-24-20;1-14-9-10-17(12-15(14)2)16-6-5-7-18(13-16)19-8-3-4-11-20-19;1-18(2)13-7-3-5-11-9-10-20-17(15(11)13)12-6-4-8-14(19)16(12)18;16-14(12-7-3-1-4-8-12)11-15(17)13-9-5-2-6-10-13;;;;/h7-15,17,19-28H,1-6H3;4-6,8-15H,1-3H3;3-6,8-13H,1-2H3;3-5,7-10H,1-2H3;1-11,16H;;;;/q-2;3*-1;;;;;+2. The molecule has 6 aromatic heterocycles. The molecule has 0 atom stereocenters. The molecule has 0 saturated heterocycles. The van der Waals surface area contributed by atoms with Crippen LogP contribution < -0.4 is 0 Å². The van der Waals surface area contributed by atoms with E-state index in [9.17, 15) is 14.3 Å². The van der Waals surface area contributed by atoms with E-state index in [1.807, 2.05) is 152 Å². The second kappa shape index (κ2) is 43.1. The first-order chi connectivity index (χ1) is 62.2. The minimum absolute atomic E-state index is 0. The van der Waals surface area contributed by atoms with Crippen molar-refractivity contribution in [1.29, 1.82) is 0 Å². The number of allylic oxidation sites excluding steroid dienone is 1. The largest absolute Gasteiger partial charge is 2.00 e. The van der Waals surface area contributed by atoms with Crippen molar-refractivity contribution in [3.63, 3.8) is 0 Å². The molecule has 0 bridgehead atoms. The van der Waals surface area contributed by atoms with Gasteiger partial charge < -0.3 is 24.5 Å². The Morgan fingerprint density at radius 3 is 1.38 bits per heavy atom. The molecule has 0 aliphatic heterocycles. The number of fused-ring (bicyclic) bond motifs is 5. The van der Waals surface area contributed by atoms with E-state index in [1.54, 1.807) is 54.9 Å². The Kier molecular flexibility index (Phi) is 32.2. The van der Waals surface area contributed by atoms with Crippen LogP contribution in [0, 0.1) is 50.0 Å². The summed E-state index contributed by atoms with van der Waals surface area (Å²) in [6.45, 7) is 28.7. The van der Waals surface area contributed by atoms with Gasteiger partial charge in [0.1, 0.15) is 11.2 Å². The zero-order chi connectivity index (χ0) is 90.2.